The molecule has 0 atom stereocenters. The molecule has 7 heteroatoms. The zero-order chi connectivity index (χ0) is 13.0. The molecule has 0 fully saturated rings. The first kappa shape index (κ1) is 12.2. The summed E-state index contributed by atoms with van der Waals surface area (Å²) < 4.78 is 6.80. The Labute approximate surface area is 105 Å². The molecule has 18 heavy (non-hydrogen) atoms. The molecule has 0 aliphatic rings. The molecule has 7 nitrogen and oxygen atoms in total. The highest BCUT2D eigenvalue weighted by molar-refractivity contribution is 5.66. The van der Waals surface area contributed by atoms with E-state index in [1.54, 1.807) is 4.68 Å². The Hall–Kier alpha value is -2.31. The van der Waals surface area contributed by atoms with E-state index < -0.39 is 0 Å². The Balaban J connectivity index is 1.94. The average molecular weight is 248 g/mol. The summed E-state index contributed by atoms with van der Waals surface area (Å²) in [5.74, 6) is 0.961. The van der Waals surface area contributed by atoms with E-state index in [0.717, 1.165) is 12.1 Å². The average Bonchev–Trinajstić information content (AvgIpc) is 2.77. The van der Waals surface area contributed by atoms with Crippen molar-refractivity contribution in [3.8, 4) is 5.88 Å². The van der Waals surface area contributed by atoms with Crippen molar-refractivity contribution in [3.63, 3.8) is 0 Å². The highest BCUT2D eigenvalue weighted by Gasteiger charge is 2.07. The van der Waals surface area contributed by atoms with Gasteiger partial charge in [-0.05, 0) is 6.07 Å². The molecule has 0 bridgehead atoms. The molecule has 0 saturated carbocycles. The lowest BCUT2D eigenvalue weighted by Crippen LogP contribution is -2.10. The SMILES string of the molecule is COc1ncnc(NCCc2ccn(C)n2)c1N. The number of ether oxygens (including phenoxy) is 1. The van der Waals surface area contributed by atoms with E-state index in [0.29, 0.717) is 23.9 Å². The predicted molar refractivity (Wildman–Crippen MR) is 68.4 cm³/mol. The molecule has 0 aliphatic carbocycles. The van der Waals surface area contributed by atoms with Crippen molar-refractivity contribution in [1.29, 1.82) is 0 Å². The summed E-state index contributed by atoms with van der Waals surface area (Å²) in [5, 5.41) is 7.43. The van der Waals surface area contributed by atoms with Crippen LogP contribution in [0.3, 0.4) is 0 Å². The molecule has 0 aromatic carbocycles. The zero-order valence-corrected chi connectivity index (χ0v) is 10.4. The molecular formula is C11H16N6O. The first-order valence-electron chi connectivity index (χ1n) is 5.57. The summed E-state index contributed by atoms with van der Waals surface area (Å²) in [7, 11) is 3.42. The molecule has 2 rings (SSSR count). The highest BCUT2D eigenvalue weighted by atomic mass is 16.5. The molecule has 0 aliphatic heterocycles. The molecule has 0 saturated heterocycles. The lowest BCUT2D eigenvalue weighted by Gasteiger charge is -2.09. The Morgan fingerprint density at radius 1 is 1.44 bits per heavy atom. The lowest BCUT2D eigenvalue weighted by molar-refractivity contribution is 0.399. The number of hydrogen-bond donors (Lipinski definition) is 2. The van der Waals surface area contributed by atoms with E-state index in [-0.39, 0.29) is 0 Å². The number of nitrogens with zero attached hydrogens (tertiary/aromatic N) is 4. The Bertz CT molecular complexity index is 524. The normalized spacial score (nSPS) is 10.3. The molecule has 2 aromatic heterocycles. The van der Waals surface area contributed by atoms with Gasteiger partial charge in [0.2, 0.25) is 5.88 Å². The molecule has 3 N–H and O–H groups in total. The maximum absolute atomic E-state index is 5.85. The quantitative estimate of drug-likeness (QED) is 0.798. The van der Waals surface area contributed by atoms with Crippen LogP contribution in [-0.2, 0) is 13.5 Å². The van der Waals surface area contributed by atoms with E-state index in [1.807, 2.05) is 19.3 Å². The number of aryl methyl sites for hydroxylation is 1. The van der Waals surface area contributed by atoms with E-state index in [9.17, 15) is 0 Å². The van der Waals surface area contributed by atoms with Crippen molar-refractivity contribution >= 4 is 11.5 Å². The van der Waals surface area contributed by atoms with Crippen LogP contribution in [0.15, 0.2) is 18.6 Å². The van der Waals surface area contributed by atoms with Gasteiger partial charge >= 0.3 is 0 Å². The van der Waals surface area contributed by atoms with E-state index in [4.69, 9.17) is 10.5 Å². The smallest absolute Gasteiger partial charge is 0.242 e. The van der Waals surface area contributed by atoms with Crippen molar-refractivity contribution in [3.05, 3.63) is 24.3 Å². The molecule has 96 valence electrons. The molecule has 2 heterocycles. The number of aromatic nitrogens is 4. The van der Waals surface area contributed by atoms with E-state index in [2.05, 4.69) is 20.4 Å². The largest absolute Gasteiger partial charge is 0.479 e. The maximum Gasteiger partial charge on any atom is 0.242 e. The Morgan fingerprint density at radius 2 is 2.28 bits per heavy atom. The van der Waals surface area contributed by atoms with Crippen LogP contribution in [0.4, 0.5) is 11.5 Å². The standard InChI is InChI=1S/C11H16N6O/c1-17-6-4-8(16-17)3-5-13-10-9(12)11(18-2)15-7-14-10/h4,6-7H,3,5,12H2,1-2H3,(H,13,14,15). The van der Waals surface area contributed by atoms with Gasteiger partial charge in [0.15, 0.2) is 5.82 Å². The number of nitrogen functional groups attached to an aromatic ring is 1. The summed E-state index contributed by atoms with van der Waals surface area (Å²) in [4.78, 5) is 7.98. The second kappa shape index (κ2) is 5.35. The minimum atomic E-state index is 0.380. The third-order valence-electron chi connectivity index (χ3n) is 2.48. The molecule has 0 radical (unpaired) electrons. The van der Waals surface area contributed by atoms with Gasteiger partial charge in [0.05, 0.1) is 12.8 Å². The van der Waals surface area contributed by atoms with Gasteiger partial charge < -0.3 is 15.8 Å². The lowest BCUT2D eigenvalue weighted by atomic mass is 10.3. The fourth-order valence-electron chi connectivity index (χ4n) is 1.59. The van der Waals surface area contributed by atoms with Crippen molar-refractivity contribution in [1.82, 2.24) is 19.7 Å². The number of rotatable bonds is 5. The second-order valence-corrected chi connectivity index (χ2v) is 3.80. The van der Waals surface area contributed by atoms with Gasteiger partial charge in [-0.2, -0.15) is 10.1 Å². The van der Waals surface area contributed by atoms with Gasteiger partial charge in [0.1, 0.15) is 12.0 Å². The van der Waals surface area contributed by atoms with Crippen LogP contribution < -0.4 is 15.8 Å². The summed E-state index contributed by atoms with van der Waals surface area (Å²) in [6.45, 7) is 0.696. The van der Waals surface area contributed by atoms with E-state index in [1.165, 1.54) is 13.4 Å². The van der Waals surface area contributed by atoms with Gasteiger partial charge in [0, 0.05) is 26.2 Å². The molecule has 0 amide bonds. The van der Waals surface area contributed by atoms with Crippen LogP contribution in [0.25, 0.3) is 0 Å². The minimum absolute atomic E-state index is 0.380. The first-order valence-corrected chi connectivity index (χ1v) is 5.57. The fourth-order valence-corrected chi connectivity index (χ4v) is 1.59. The molecule has 0 spiro atoms. The molecular weight excluding hydrogens is 232 g/mol. The zero-order valence-electron chi connectivity index (χ0n) is 10.4. The Morgan fingerprint density at radius 3 is 2.94 bits per heavy atom. The van der Waals surface area contributed by atoms with Gasteiger partial charge in [-0.1, -0.05) is 0 Å². The third-order valence-corrected chi connectivity index (χ3v) is 2.48. The monoisotopic (exact) mass is 248 g/mol. The number of nitrogens with two attached hydrogens (primary N) is 1. The summed E-state index contributed by atoms with van der Waals surface area (Å²) >= 11 is 0. The minimum Gasteiger partial charge on any atom is -0.479 e. The van der Waals surface area contributed by atoms with Crippen molar-refractivity contribution in [2.75, 3.05) is 24.7 Å². The Kier molecular flexibility index (Phi) is 3.61. The predicted octanol–water partition coefficient (Wildman–Crippen LogP) is 0.455. The summed E-state index contributed by atoms with van der Waals surface area (Å²) in [6.07, 6.45) is 4.13. The highest BCUT2D eigenvalue weighted by Crippen LogP contribution is 2.23. The van der Waals surface area contributed by atoms with Crippen LogP contribution in [0.1, 0.15) is 5.69 Å². The summed E-state index contributed by atoms with van der Waals surface area (Å²) in [5.41, 5.74) is 7.28. The summed E-state index contributed by atoms with van der Waals surface area (Å²) in [6, 6.07) is 1.98. The molecule has 2 aromatic rings. The van der Waals surface area contributed by atoms with Gasteiger partial charge in [-0.25, -0.2) is 4.98 Å². The fraction of sp³-hybridized carbons (Fsp3) is 0.364. The number of methoxy groups -OCH3 is 1. The van der Waals surface area contributed by atoms with Gasteiger partial charge in [-0.3, -0.25) is 4.68 Å². The van der Waals surface area contributed by atoms with Crippen LogP contribution in [0.5, 0.6) is 5.88 Å². The van der Waals surface area contributed by atoms with Crippen molar-refractivity contribution in [2.45, 2.75) is 6.42 Å². The third kappa shape index (κ3) is 2.68. The maximum atomic E-state index is 5.85. The van der Waals surface area contributed by atoms with Crippen molar-refractivity contribution < 1.29 is 4.74 Å². The van der Waals surface area contributed by atoms with Gasteiger partial charge in [0.25, 0.3) is 0 Å². The van der Waals surface area contributed by atoms with Crippen LogP contribution in [0.2, 0.25) is 0 Å². The van der Waals surface area contributed by atoms with Crippen molar-refractivity contribution in [2.24, 2.45) is 7.05 Å². The van der Waals surface area contributed by atoms with Crippen LogP contribution in [0, 0.1) is 0 Å². The van der Waals surface area contributed by atoms with Gasteiger partial charge in [-0.15, -0.1) is 0 Å². The van der Waals surface area contributed by atoms with Crippen LogP contribution in [-0.4, -0.2) is 33.4 Å². The number of anilines is 2. The number of hydrogen-bond acceptors (Lipinski definition) is 6. The molecule has 0 unspecified atom stereocenters. The second-order valence-electron chi connectivity index (χ2n) is 3.80. The van der Waals surface area contributed by atoms with E-state index >= 15 is 0 Å². The topological polar surface area (TPSA) is 90.9 Å². The first-order chi connectivity index (χ1) is 8.70. The number of nitrogens with one attached hydrogen (secondary N) is 1. The van der Waals surface area contributed by atoms with Crippen LogP contribution >= 0.6 is 0 Å².